The van der Waals surface area contributed by atoms with E-state index in [-0.39, 0.29) is 11.3 Å². The third-order valence-electron chi connectivity index (χ3n) is 3.73. The summed E-state index contributed by atoms with van der Waals surface area (Å²) in [6.45, 7) is 0.446. The Balaban J connectivity index is 1.52. The molecule has 0 fully saturated rings. The van der Waals surface area contributed by atoms with Crippen LogP contribution in [0.25, 0.3) is 0 Å². The number of para-hydroxylation sites is 1. The van der Waals surface area contributed by atoms with Crippen molar-refractivity contribution in [2.45, 2.75) is 6.61 Å². The number of ether oxygens (including phenoxy) is 1. The Hall–Kier alpha value is -3.31. The van der Waals surface area contributed by atoms with E-state index in [1.54, 1.807) is 12.1 Å². The number of hydrogen-bond acceptors (Lipinski definition) is 4. The first-order chi connectivity index (χ1) is 13.1. The zero-order valence-corrected chi connectivity index (χ0v) is 15.1. The van der Waals surface area contributed by atoms with Crippen molar-refractivity contribution in [2.24, 2.45) is 5.10 Å². The second kappa shape index (κ2) is 8.87. The third kappa shape index (κ3) is 5.33. The number of carbonyl (C=O) groups is 1. The molecule has 0 heterocycles. The molecule has 0 saturated carbocycles. The highest BCUT2D eigenvalue weighted by atomic mass is 35.5. The van der Waals surface area contributed by atoms with E-state index in [1.165, 1.54) is 18.3 Å². The lowest BCUT2D eigenvalue weighted by Crippen LogP contribution is -2.17. The van der Waals surface area contributed by atoms with E-state index >= 15 is 0 Å². The van der Waals surface area contributed by atoms with Gasteiger partial charge in [-0.3, -0.25) is 4.79 Å². The van der Waals surface area contributed by atoms with Gasteiger partial charge in [-0.2, -0.15) is 5.10 Å². The molecule has 0 aliphatic carbocycles. The first kappa shape index (κ1) is 18.5. The molecule has 0 bridgehead atoms. The van der Waals surface area contributed by atoms with Gasteiger partial charge in [0, 0.05) is 5.02 Å². The molecule has 0 radical (unpaired) electrons. The van der Waals surface area contributed by atoms with Gasteiger partial charge in [-0.15, -0.1) is 0 Å². The van der Waals surface area contributed by atoms with E-state index in [2.05, 4.69) is 10.5 Å². The van der Waals surface area contributed by atoms with Gasteiger partial charge in [0.1, 0.15) is 18.1 Å². The number of phenols is 1. The van der Waals surface area contributed by atoms with Crippen molar-refractivity contribution in [1.29, 1.82) is 0 Å². The van der Waals surface area contributed by atoms with Crippen molar-refractivity contribution in [1.82, 2.24) is 5.43 Å². The van der Waals surface area contributed by atoms with E-state index in [0.29, 0.717) is 11.6 Å². The number of phenolic OH excluding ortho intramolecular Hbond substituents is 1. The number of hydrogen-bond donors (Lipinski definition) is 2. The molecule has 136 valence electrons. The lowest BCUT2D eigenvalue weighted by atomic mass is 10.2. The third-order valence-corrected chi connectivity index (χ3v) is 3.98. The van der Waals surface area contributed by atoms with Crippen LogP contribution in [-0.2, 0) is 6.61 Å². The summed E-state index contributed by atoms with van der Waals surface area (Å²) in [4.78, 5) is 11.9. The first-order valence-corrected chi connectivity index (χ1v) is 8.58. The summed E-state index contributed by atoms with van der Waals surface area (Å²) in [6, 6.07) is 21.0. The Labute approximate surface area is 161 Å². The first-order valence-electron chi connectivity index (χ1n) is 8.20. The molecule has 0 aliphatic rings. The molecule has 0 unspecified atom stereocenters. The molecular formula is C21H17ClN2O3. The average Bonchev–Trinajstić information content (AvgIpc) is 2.69. The van der Waals surface area contributed by atoms with Crippen molar-refractivity contribution in [2.75, 3.05) is 0 Å². The van der Waals surface area contributed by atoms with Crippen molar-refractivity contribution >= 4 is 23.7 Å². The van der Waals surface area contributed by atoms with Crippen LogP contribution < -0.4 is 10.2 Å². The fourth-order valence-electron chi connectivity index (χ4n) is 2.29. The van der Waals surface area contributed by atoms with Crippen molar-refractivity contribution < 1.29 is 14.6 Å². The Morgan fingerprint density at radius 1 is 1.04 bits per heavy atom. The van der Waals surface area contributed by atoms with Gasteiger partial charge in [0.15, 0.2) is 0 Å². The molecule has 3 aromatic rings. The normalized spacial score (nSPS) is 10.7. The van der Waals surface area contributed by atoms with Crippen LogP contribution >= 0.6 is 11.6 Å². The summed E-state index contributed by atoms with van der Waals surface area (Å²) in [6.07, 6.45) is 1.51. The van der Waals surface area contributed by atoms with Crippen molar-refractivity contribution in [3.63, 3.8) is 0 Å². The van der Waals surface area contributed by atoms with E-state index in [0.717, 1.165) is 16.9 Å². The molecule has 6 heteroatoms. The van der Waals surface area contributed by atoms with Crippen LogP contribution in [-0.4, -0.2) is 17.2 Å². The standard InChI is InChI=1S/C21H17ClN2O3/c22-17-9-5-16(6-10-17)14-27-18-11-7-15(8-12-18)13-23-24-21(26)19-3-1-2-4-20(19)25/h1-13,25H,14H2,(H,24,26)/b23-13+. The lowest BCUT2D eigenvalue weighted by molar-refractivity contribution is 0.0952. The minimum Gasteiger partial charge on any atom is -0.507 e. The van der Waals surface area contributed by atoms with Crippen molar-refractivity contribution in [3.8, 4) is 11.5 Å². The quantitative estimate of drug-likeness (QED) is 0.492. The number of hydrazone groups is 1. The molecule has 0 saturated heterocycles. The zero-order valence-electron chi connectivity index (χ0n) is 14.3. The minimum absolute atomic E-state index is 0.0904. The second-order valence-electron chi connectivity index (χ2n) is 5.70. The number of carbonyl (C=O) groups excluding carboxylic acids is 1. The summed E-state index contributed by atoms with van der Waals surface area (Å²) < 4.78 is 5.72. The number of nitrogens with zero attached hydrogens (tertiary/aromatic N) is 1. The molecule has 3 rings (SSSR count). The monoisotopic (exact) mass is 380 g/mol. The van der Waals surface area contributed by atoms with Gasteiger partial charge in [-0.05, 0) is 59.7 Å². The van der Waals surface area contributed by atoms with Gasteiger partial charge in [0.2, 0.25) is 0 Å². The zero-order chi connectivity index (χ0) is 19.1. The number of rotatable bonds is 6. The van der Waals surface area contributed by atoms with Gasteiger partial charge in [0.25, 0.3) is 5.91 Å². The van der Waals surface area contributed by atoms with Gasteiger partial charge >= 0.3 is 0 Å². The van der Waals surface area contributed by atoms with Gasteiger partial charge < -0.3 is 9.84 Å². The maximum absolute atomic E-state index is 11.9. The fraction of sp³-hybridized carbons (Fsp3) is 0.0476. The summed E-state index contributed by atoms with van der Waals surface area (Å²) in [7, 11) is 0. The van der Waals surface area contributed by atoms with Crippen LogP contribution in [0, 0.1) is 0 Å². The topological polar surface area (TPSA) is 70.9 Å². The Kier molecular flexibility index (Phi) is 6.07. The molecule has 0 atom stereocenters. The summed E-state index contributed by atoms with van der Waals surface area (Å²) in [5, 5.41) is 14.2. The molecule has 5 nitrogen and oxygen atoms in total. The number of benzene rings is 3. The Morgan fingerprint density at radius 3 is 2.44 bits per heavy atom. The van der Waals surface area contributed by atoms with Crippen LogP contribution in [0.5, 0.6) is 11.5 Å². The van der Waals surface area contributed by atoms with Crippen molar-refractivity contribution in [3.05, 3.63) is 94.5 Å². The van der Waals surface area contributed by atoms with Gasteiger partial charge in [-0.1, -0.05) is 35.9 Å². The molecule has 0 aliphatic heterocycles. The molecule has 1 amide bonds. The Bertz CT molecular complexity index is 938. The summed E-state index contributed by atoms with van der Waals surface area (Å²) in [5.41, 5.74) is 4.37. The largest absolute Gasteiger partial charge is 0.507 e. The van der Waals surface area contributed by atoms with E-state index in [9.17, 15) is 9.90 Å². The number of amides is 1. The minimum atomic E-state index is -0.479. The number of halogens is 1. The van der Waals surface area contributed by atoms with E-state index < -0.39 is 5.91 Å². The SMILES string of the molecule is O=C(N/N=C/c1ccc(OCc2ccc(Cl)cc2)cc1)c1ccccc1O. The van der Waals surface area contributed by atoms with Gasteiger partial charge in [0.05, 0.1) is 11.8 Å². The summed E-state index contributed by atoms with van der Waals surface area (Å²) in [5.74, 6) is 0.153. The average molecular weight is 381 g/mol. The molecule has 0 spiro atoms. The van der Waals surface area contributed by atoms with E-state index in [4.69, 9.17) is 16.3 Å². The smallest absolute Gasteiger partial charge is 0.275 e. The van der Waals surface area contributed by atoms with Crippen LogP contribution in [0.4, 0.5) is 0 Å². The molecule has 0 aromatic heterocycles. The van der Waals surface area contributed by atoms with E-state index in [1.807, 2.05) is 48.5 Å². The highest BCUT2D eigenvalue weighted by Crippen LogP contribution is 2.16. The maximum atomic E-state index is 11.9. The molecule has 2 N–H and O–H groups in total. The molecular weight excluding hydrogens is 364 g/mol. The number of aromatic hydroxyl groups is 1. The predicted molar refractivity (Wildman–Crippen MR) is 105 cm³/mol. The highest BCUT2D eigenvalue weighted by molar-refractivity contribution is 6.30. The van der Waals surface area contributed by atoms with Crippen LogP contribution in [0.2, 0.25) is 5.02 Å². The van der Waals surface area contributed by atoms with Crippen LogP contribution in [0.1, 0.15) is 21.5 Å². The fourth-order valence-corrected chi connectivity index (χ4v) is 2.41. The summed E-state index contributed by atoms with van der Waals surface area (Å²) >= 11 is 5.86. The Morgan fingerprint density at radius 2 is 1.74 bits per heavy atom. The van der Waals surface area contributed by atoms with Gasteiger partial charge in [-0.25, -0.2) is 5.43 Å². The highest BCUT2D eigenvalue weighted by Gasteiger charge is 2.08. The second-order valence-corrected chi connectivity index (χ2v) is 6.14. The molecule has 3 aromatic carbocycles. The van der Waals surface area contributed by atoms with Crippen LogP contribution in [0.3, 0.4) is 0 Å². The molecule has 27 heavy (non-hydrogen) atoms. The predicted octanol–water partition coefficient (Wildman–Crippen LogP) is 4.39. The van der Waals surface area contributed by atoms with Crippen LogP contribution in [0.15, 0.2) is 77.9 Å². The maximum Gasteiger partial charge on any atom is 0.275 e. The lowest BCUT2D eigenvalue weighted by Gasteiger charge is -2.06. The number of nitrogens with one attached hydrogen (secondary N) is 1.